The zero-order valence-electron chi connectivity index (χ0n) is 18.3. The van der Waals surface area contributed by atoms with Crippen LogP contribution in [0.1, 0.15) is 31.9 Å². The van der Waals surface area contributed by atoms with E-state index in [1.807, 2.05) is 42.5 Å². The number of benzene rings is 1. The Hall–Kier alpha value is -2.74. The van der Waals surface area contributed by atoms with Gasteiger partial charge in [0, 0.05) is 18.2 Å². The summed E-state index contributed by atoms with van der Waals surface area (Å²) in [6.07, 6.45) is 5.89. The third-order valence-electron chi connectivity index (χ3n) is 4.87. The summed E-state index contributed by atoms with van der Waals surface area (Å²) in [5, 5.41) is 3.16. The van der Waals surface area contributed by atoms with E-state index in [0.29, 0.717) is 24.3 Å². The molecule has 1 aliphatic rings. The highest BCUT2D eigenvalue weighted by Gasteiger charge is 2.26. The van der Waals surface area contributed by atoms with Gasteiger partial charge in [-0.3, -0.25) is 19.1 Å². The molecule has 0 saturated heterocycles. The number of hydrogen-bond donors (Lipinski definition) is 2. The minimum absolute atomic E-state index is 0.212. The molecule has 172 valence electrons. The predicted molar refractivity (Wildman–Crippen MR) is 122 cm³/mol. The Labute approximate surface area is 187 Å². The molecule has 0 aliphatic heterocycles. The Kier molecular flexibility index (Phi) is 8.39. The average molecular weight is 461 g/mol. The summed E-state index contributed by atoms with van der Waals surface area (Å²) < 4.78 is 18.6. The number of carbonyl (C=O) groups excluding carboxylic acids is 1. The molecule has 9 nitrogen and oxygen atoms in total. The first kappa shape index (κ1) is 23.9. The first-order valence-electron chi connectivity index (χ1n) is 10.4. The van der Waals surface area contributed by atoms with Gasteiger partial charge in [0.1, 0.15) is 18.1 Å². The lowest BCUT2D eigenvalue weighted by atomic mass is 10.2. The van der Waals surface area contributed by atoms with Crippen molar-refractivity contribution in [3.8, 4) is 5.75 Å². The van der Waals surface area contributed by atoms with Gasteiger partial charge in [-0.05, 0) is 32.9 Å². The number of rotatable bonds is 10. The van der Waals surface area contributed by atoms with Crippen LogP contribution in [0.4, 0.5) is 0 Å². The minimum Gasteiger partial charge on any atom is -0.465 e. The number of ether oxygens (including phenoxy) is 2. The molecule has 0 saturated carbocycles. The number of nitrogens with zero attached hydrogens (tertiary/aromatic N) is 1. The molecule has 32 heavy (non-hydrogen) atoms. The smallest absolute Gasteiger partial charge is 0.328 e. The van der Waals surface area contributed by atoms with Crippen molar-refractivity contribution in [2.45, 2.75) is 45.4 Å². The van der Waals surface area contributed by atoms with Crippen LogP contribution in [0.25, 0.3) is 0 Å². The van der Waals surface area contributed by atoms with Gasteiger partial charge in [-0.2, -0.15) is 0 Å². The van der Waals surface area contributed by atoms with E-state index in [4.69, 9.17) is 14.0 Å². The molecule has 4 unspecified atom stereocenters. The van der Waals surface area contributed by atoms with Gasteiger partial charge < -0.3 is 14.0 Å². The van der Waals surface area contributed by atoms with Crippen LogP contribution in [0, 0.1) is 6.92 Å². The number of aromatic amines is 1. The van der Waals surface area contributed by atoms with Gasteiger partial charge in [0.2, 0.25) is 0 Å². The lowest BCUT2D eigenvalue weighted by molar-refractivity contribution is -0.144. The molecule has 1 heterocycles. The van der Waals surface area contributed by atoms with E-state index in [1.54, 1.807) is 27.0 Å². The van der Waals surface area contributed by atoms with Crippen LogP contribution in [0.5, 0.6) is 5.75 Å². The Morgan fingerprint density at radius 1 is 1.28 bits per heavy atom. The average Bonchev–Trinajstić information content (AvgIpc) is 3.24. The monoisotopic (exact) mass is 461 g/mol. The molecule has 2 N–H and O–H groups in total. The Morgan fingerprint density at radius 3 is 2.75 bits per heavy atom. The molecule has 0 bridgehead atoms. The molecule has 3 rings (SSSR count). The molecule has 2 aromatic rings. The van der Waals surface area contributed by atoms with Gasteiger partial charge in [-0.1, -0.05) is 30.4 Å². The van der Waals surface area contributed by atoms with Gasteiger partial charge >= 0.3 is 11.7 Å². The molecule has 0 radical (unpaired) electrons. The van der Waals surface area contributed by atoms with Gasteiger partial charge in [0.25, 0.3) is 5.56 Å². The zero-order valence-corrected chi connectivity index (χ0v) is 19.2. The van der Waals surface area contributed by atoms with E-state index in [2.05, 4.69) is 10.1 Å². The third-order valence-corrected chi connectivity index (χ3v) is 6.36. The van der Waals surface area contributed by atoms with Crippen molar-refractivity contribution >= 4 is 14.3 Å². The summed E-state index contributed by atoms with van der Waals surface area (Å²) in [5.74, 6) is 0.311. The van der Waals surface area contributed by atoms with Crippen LogP contribution in [0.15, 0.2) is 58.3 Å². The van der Waals surface area contributed by atoms with E-state index >= 15 is 0 Å². The molecule has 4 atom stereocenters. The number of aromatic nitrogens is 2. The lowest BCUT2D eigenvalue weighted by Crippen LogP contribution is -2.34. The fraction of sp³-hybridized carbons (Fsp3) is 0.409. The summed E-state index contributed by atoms with van der Waals surface area (Å²) in [5.41, 5.74) is -0.360. The van der Waals surface area contributed by atoms with Crippen LogP contribution >= 0.6 is 8.30 Å². The number of nitrogens with one attached hydrogen (secondary N) is 2. The predicted octanol–water partition coefficient (Wildman–Crippen LogP) is 2.62. The Balaban J connectivity index is 1.62. The quantitative estimate of drug-likeness (QED) is 0.318. The first-order chi connectivity index (χ1) is 15.4. The zero-order chi connectivity index (χ0) is 23.1. The van der Waals surface area contributed by atoms with Crippen molar-refractivity contribution in [2.24, 2.45) is 0 Å². The summed E-state index contributed by atoms with van der Waals surface area (Å²) in [7, 11) is -1.34. The van der Waals surface area contributed by atoms with Crippen LogP contribution in [0.2, 0.25) is 0 Å². The normalized spacial score (nSPS) is 19.5. The summed E-state index contributed by atoms with van der Waals surface area (Å²) in [6, 6.07) is 8.54. The Bertz CT molecular complexity index is 1050. The second kappa shape index (κ2) is 11.2. The highest BCUT2D eigenvalue weighted by molar-refractivity contribution is 7.50. The second-order valence-electron chi connectivity index (χ2n) is 7.39. The molecule has 1 aliphatic carbocycles. The van der Waals surface area contributed by atoms with Gasteiger partial charge in [-0.25, -0.2) is 9.88 Å². The van der Waals surface area contributed by atoms with Crippen molar-refractivity contribution in [1.82, 2.24) is 14.6 Å². The molecule has 0 amide bonds. The van der Waals surface area contributed by atoms with Crippen LogP contribution in [0.3, 0.4) is 0 Å². The van der Waals surface area contributed by atoms with E-state index in [-0.39, 0.29) is 30.0 Å². The van der Waals surface area contributed by atoms with Crippen LogP contribution < -0.4 is 20.9 Å². The third kappa shape index (κ3) is 6.38. The lowest BCUT2D eigenvalue weighted by Gasteiger charge is -2.24. The molecule has 1 aromatic heterocycles. The van der Waals surface area contributed by atoms with E-state index in [1.165, 1.54) is 4.57 Å². The van der Waals surface area contributed by atoms with Crippen LogP contribution in [-0.2, 0) is 14.3 Å². The van der Waals surface area contributed by atoms with Crippen LogP contribution in [-0.4, -0.2) is 40.6 Å². The molecule has 10 heteroatoms. The van der Waals surface area contributed by atoms with Gasteiger partial charge in [0.15, 0.2) is 8.30 Å². The molecular formula is C22H28N3O6P. The number of carbonyl (C=O) groups is 1. The molecule has 0 fully saturated rings. The number of H-pyrrole nitrogens is 1. The van der Waals surface area contributed by atoms with Gasteiger partial charge in [0.05, 0.1) is 18.8 Å². The van der Waals surface area contributed by atoms with Crippen molar-refractivity contribution in [3.63, 3.8) is 0 Å². The standard InChI is InChI=1S/C22H28N3O6P/c1-4-29-21(27)16(3)24-32(31-18-8-6-5-7-9-18)14-30-19-11-10-17(12-19)25-13-15(2)20(26)23-22(25)28/h5-11,13,16-17,19,24H,4,12,14H2,1-3H3,(H,23,26,28). The maximum atomic E-state index is 12.2. The fourth-order valence-corrected chi connectivity index (χ4v) is 4.63. The fourth-order valence-electron chi connectivity index (χ4n) is 3.21. The number of para-hydroxylation sites is 1. The van der Waals surface area contributed by atoms with Crippen molar-refractivity contribution < 1.29 is 18.8 Å². The molecule has 0 spiro atoms. The van der Waals surface area contributed by atoms with Crippen molar-refractivity contribution in [2.75, 3.05) is 13.0 Å². The number of aryl methyl sites for hydroxylation is 1. The number of esters is 1. The van der Waals surface area contributed by atoms with Crippen molar-refractivity contribution in [1.29, 1.82) is 0 Å². The SMILES string of the molecule is CCOC(=O)C(C)NP(COC1C=CC(n2cc(C)c(=O)[nH]c2=O)C1)Oc1ccccc1. The highest BCUT2D eigenvalue weighted by Crippen LogP contribution is 2.36. The Morgan fingerprint density at radius 2 is 2.03 bits per heavy atom. The minimum atomic E-state index is -1.34. The van der Waals surface area contributed by atoms with Gasteiger partial charge in [-0.15, -0.1) is 0 Å². The van der Waals surface area contributed by atoms with E-state index in [0.717, 1.165) is 0 Å². The maximum Gasteiger partial charge on any atom is 0.328 e. The van der Waals surface area contributed by atoms with E-state index < -0.39 is 20.0 Å². The second-order valence-corrected chi connectivity index (χ2v) is 8.84. The largest absolute Gasteiger partial charge is 0.465 e. The van der Waals surface area contributed by atoms with E-state index in [9.17, 15) is 14.4 Å². The first-order valence-corrected chi connectivity index (χ1v) is 11.9. The summed E-state index contributed by atoms with van der Waals surface area (Å²) >= 11 is 0. The summed E-state index contributed by atoms with van der Waals surface area (Å²) in [6.45, 7) is 5.44. The number of allylic oxidation sites excluding steroid dienone is 1. The molecule has 1 aromatic carbocycles. The maximum absolute atomic E-state index is 12.2. The molecular weight excluding hydrogens is 433 g/mol. The summed E-state index contributed by atoms with van der Waals surface area (Å²) in [4.78, 5) is 38.1. The number of hydrogen-bond acceptors (Lipinski definition) is 7. The highest BCUT2D eigenvalue weighted by atomic mass is 31.2. The topological polar surface area (TPSA) is 112 Å². The van der Waals surface area contributed by atoms with Crippen molar-refractivity contribution in [3.05, 3.63) is 75.1 Å².